The first-order chi connectivity index (χ1) is 9.13. The fourth-order valence-corrected chi connectivity index (χ4v) is 2.17. The highest BCUT2D eigenvalue weighted by atomic mass is 16.5. The second-order valence-corrected chi connectivity index (χ2v) is 5.39. The van der Waals surface area contributed by atoms with Crippen LogP contribution < -0.4 is 10.1 Å². The van der Waals surface area contributed by atoms with Crippen LogP contribution in [-0.2, 0) is 6.54 Å². The van der Waals surface area contributed by atoms with Gasteiger partial charge in [0.1, 0.15) is 5.75 Å². The number of hydrogen-bond acceptors (Lipinski definition) is 2. The molecule has 0 amide bonds. The Morgan fingerprint density at radius 3 is 2.32 bits per heavy atom. The molecule has 0 aliphatic heterocycles. The number of ether oxygens (including phenoxy) is 1. The van der Waals surface area contributed by atoms with Crippen LogP contribution in [0.3, 0.4) is 0 Å². The van der Waals surface area contributed by atoms with E-state index in [1.165, 1.54) is 16.3 Å². The van der Waals surface area contributed by atoms with Crippen molar-refractivity contribution in [2.24, 2.45) is 5.92 Å². The molecule has 0 saturated heterocycles. The third-order valence-corrected chi connectivity index (χ3v) is 3.81. The summed E-state index contributed by atoms with van der Waals surface area (Å²) in [5.41, 5.74) is 1.32. The Morgan fingerprint density at radius 1 is 1.00 bits per heavy atom. The molecule has 1 N–H and O–H groups in total. The molecule has 2 rings (SSSR count). The zero-order valence-electron chi connectivity index (χ0n) is 12.2. The van der Waals surface area contributed by atoms with Gasteiger partial charge in [-0.1, -0.05) is 44.2 Å². The van der Waals surface area contributed by atoms with Gasteiger partial charge in [-0.3, -0.25) is 0 Å². The van der Waals surface area contributed by atoms with Gasteiger partial charge in [-0.25, -0.2) is 0 Å². The van der Waals surface area contributed by atoms with Crippen LogP contribution >= 0.6 is 0 Å². The molecule has 0 aromatic heterocycles. The minimum absolute atomic E-state index is 0.515. The van der Waals surface area contributed by atoms with Crippen LogP contribution in [0.2, 0.25) is 0 Å². The van der Waals surface area contributed by atoms with Gasteiger partial charge in [0.05, 0.1) is 7.11 Å². The maximum absolute atomic E-state index is 5.43. The van der Waals surface area contributed by atoms with Gasteiger partial charge in [-0.2, -0.15) is 0 Å². The zero-order chi connectivity index (χ0) is 13.8. The Morgan fingerprint density at radius 2 is 1.68 bits per heavy atom. The molecule has 19 heavy (non-hydrogen) atoms. The molecule has 0 spiro atoms. The normalized spacial score (nSPS) is 12.9. The molecule has 0 heterocycles. The van der Waals surface area contributed by atoms with Crippen LogP contribution in [0.4, 0.5) is 0 Å². The predicted molar refractivity (Wildman–Crippen MR) is 81.6 cm³/mol. The van der Waals surface area contributed by atoms with Crippen LogP contribution in [0.5, 0.6) is 5.75 Å². The fourth-order valence-electron chi connectivity index (χ4n) is 2.17. The quantitative estimate of drug-likeness (QED) is 0.874. The lowest BCUT2D eigenvalue weighted by molar-refractivity contribution is 0.418. The smallest absolute Gasteiger partial charge is 0.126 e. The fraction of sp³-hybridized carbons (Fsp3) is 0.412. The highest BCUT2D eigenvalue weighted by molar-refractivity contribution is 5.91. The zero-order valence-corrected chi connectivity index (χ0v) is 12.2. The van der Waals surface area contributed by atoms with Crippen molar-refractivity contribution >= 4 is 10.8 Å². The summed E-state index contributed by atoms with van der Waals surface area (Å²) in [6.07, 6.45) is 0. The summed E-state index contributed by atoms with van der Waals surface area (Å²) < 4.78 is 5.43. The number of hydrogen-bond donors (Lipinski definition) is 1. The summed E-state index contributed by atoms with van der Waals surface area (Å²) in [6.45, 7) is 7.60. The summed E-state index contributed by atoms with van der Waals surface area (Å²) in [6, 6.07) is 13.1. The van der Waals surface area contributed by atoms with E-state index in [4.69, 9.17) is 4.74 Å². The lowest BCUT2D eigenvalue weighted by atomic mass is 10.0. The van der Waals surface area contributed by atoms with Gasteiger partial charge < -0.3 is 10.1 Å². The Hall–Kier alpha value is -1.54. The molecular weight excluding hydrogens is 234 g/mol. The van der Waals surface area contributed by atoms with E-state index >= 15 is 0 Å². The average Bonchev–Trinajstić information content (AvgIpc) is 2.44. The summed E-state index contributed by atoms with van der Waals surface area (Å²) >= 11 is 0. The van der Waals surface area contributed by atoms with Crippen LogP contribution in [0.1, 0.15) is 26.3 Å². The van der Waals surface area contributed by atoms with E-state index in [1.807, 2.05) is 0 Å². The van der Waals surface area contributed by atoms with E-state index in [-0.39, 0.29) is 0 Å². The van der Waals surface area contributed by atoms with Crippen molar-refractivity contribution < 1.29 is 4.74 Å². The van der Waals surface area contributed by atoms with Gasteiger partial charge in [0.2, 0.25) is 0 Å². The van der Waals surface area contributed by atoms with Gasteiger partial charge in [0, 0.05) is 18.0 Å². The molecule has 1 unspecified atom stereocenters. The molecule has 2 heteroatoms. The van der Waals surface area contributed by atoms with Gasteiger partial charge in [-0.15, -0.1) is 0 Å². The van der Waals surface area contributed by atoms with Crippen LogP contribution in [0.15, 0.2) is 36.4 Å². The number of methoxy groups -OCH3 is 1. The molecule has 1 atom stereocenters. The van der Waals surface area contributed by atoms with E-state index in [9.17, 15) is 0 Å². The molecule has 0 saturated carbocycles. The molecule has 0 aliphatic rings. The van der Waals surface area contributed by atoms with E-state index in [0.29, 0.717) is 12.0 Å². The van der Waals surface area contributed by atoms with Crippen LogP contribution in [0.25, 0.3) is 10.8 Å². The van der Waals surface area contributed by atoms with Gasteiger partial charge in [0.25, 0.3) is 0 Å². The van der Waals surface area contributed by atoms with E-state index in [0.717, 1.165) is 12.3 Å². The van der Waals surface area contributed by atoms with Crippen LogP contribution in [0, 0.1) is 5.92 Å². The summed E-state index contributed by atoms with van der Waals surface area (Å²) in [7, 11) is 1.72. The maximum Gasteiger partial charge on any atom is 0.126 e. The van der Waals surface area contributed by atoms with Crippen molar-refractivity contribution in [2.45, 2.75) is 33.4 Å². The second kappa shape index (κ2) is 6.07. The minimum Gasteiger partial charge on any atom is -0.496 e. The minimum atomic E-state index is 0.515. The first kappa shape index (κ1) is 13.9. The molecule has 0 bridgehead atoms. The van der Waals surface area contributed by atoms with Gasteiger partial charge in [-0.05, 0) is 29.9 Å². The van der Waals surface area contributed by atoms with E-state index in [1.54, 1.807) is 7.11 Å². The monoisotopic (exact) mass is 257 g/mol. The summed E-state index contributed by atoms with van der Waals surface area (Å²) in [5, 5.41) is 6.04. The Labute approximate surface area is 115 Å². The van der Waals surface area contributed by atoms with Crippen molar-refractivity contribution in [3.05, 3.63) is 42.0 Å². The van der Waals surface area contributed by atoms with E-state index < -0.39 is 0 Å². The van der Waals surface area contributed by atoms with Gasteiger partial charge in [0.15, 0.2) is 0 Å². The molecule has 2 aromatic rings. The third-order valence-electron chi connectivity index (χ3n) is 3.81. The molecule has 0 aliphatic carbocycles. The standard InChI is InChI=1S/C17H23NO/c1-12(2)13(3)18-11-14-9-10-17(19-4)16-8-6-5-7-15(14)16/h5-10,12-13,18H,11H2,1-4H3. The van der Waals surface area contributed by atoms with E-state index in [2.05, 4.69) is 62.5 Å². The van der Waals surface area contributed by atoms with Crippen molar-refractivity contribution in [3.8, 4) is 5.75 Å². The molecule has 0 radical (unpaired) electrons. The highest BCUT2D eigenvalue weighted by Crippen LogP contribution is 2.28. The maximum atomic E-state index is 5.43. The lowest BCUT2D eigenvalue weighted by Gasteiger charge is -2.18. The number of rotatable bonds is 5. The summed E-state index contributed by atoms with van der Waals surface area (Å²) in [4.78, 5) is 0. The van der Waals surface area contributed by atoms with Crippen molar-refractivity contribution in [1.82, 2.24) is 5.32 Å². The molecule has 0 fully saturated rings. The Balaban J connectivity index is 2.29. The highest BCUT2D eigenvalue weighted by Gasteiger charge is 2.09. The molecule has 102 valence electrons. The first-order valence-electron chi connectivity index (χ1n) is 6.91. The summed E-state index contributed by atoms with van der Waals surface area (Å²) in [5.74, 6) is 1.58. The molecule has 2 aromatic carbocycles. The average molecular weight is 257 g/mol. The number of nitrogens with one attached hydrogen (secondary N) is 1. The Bertz CT molecular complexity index is 548. The third kappa shape index (κ3) is 3.07. The number of benzene rings is 2. The van der Waals surface area contributed by atoms with Crippen LogP contribution in [-0.4, -0.2) is 13.2 Å². The van der Waals surface area contributed by atoms with Crippen molar-refractivity contribution in [3.63, 3.8) is 0 Å². The lowest BCUT2D eigenvalue weighted by Crippen LogP contribution is -2.30. The first-order valence-corrected chi connectivity index (χ1v) is 6.91. The van der Waals surface area contributed by atoms with Crippen molar-refractivity contribution in [1.29, 1.82) is 0 Å². The largest absolute Gasteiger partial charge is 0.496 e. The number of fused-ring (bicyclic) bond motifs is 1. The van der Waals surface area contributed by atoms with Gasteiger partial charge >= 0.3 is 0 Å². The topological polar surface area (TPSA) is 21.3 Å². The second-order valence-electron chi connectivity index (χ2n) is 5.39. The van der Waals surface area contributed by atoms with Crippen molar-refractivity contribution in [2.75, 3.05) is 7.11 Å². The molecule has 2 nitrogen and oxygen atoms in total. The Kier molecular flexibility index (Phi) is 4.43. The predicted octanol–water partition coefficient (Wildman–Crippen LogP) is 3.98. The molecular formula is C17H23NO. The SMILES string of the molecule is COc1ccc(CNC(C)C(C)C)c2ccccc12.